The van der Waals surface area contributed by atoms with Crippen molar-refractivity contribution >= 4 is 17.3 Å². The van der Waals surface area contributed by atoms with Gasteiger partial charge in [-0.2, -0.15) is 0 Å². The third-order valence-electron chi connectivity index (χ3n) is 2.36. The van der Waals surface area contributed by atoms with Gasteiger partial charge in [0.15, 0.2) is 5.11 Å². The van der Waals surface area contributed by atoms with Gasteiger partial charge in [0.25, 0.3) is 0 Å². The highest BCUT2D eigenvalue weighted by Gasteiger charge is 2.24. The molecule has 2 rings (SSSR count). The first-order valence-electron chi connectivity index (χ1n) is 4.56. The molecular weight excluding hydrogens is 192 g/mol. The lowest BCUT2D eigenvalue weighted by Gasteiger charge is -2.09. The highest BCUT2D eigenvalue weighted by molar-refractivity contribution is 7.80. The second-order valence-electron chi connectivity index (χ2n) is 3.25. The Hall–Kier alpha value is -1.35. The van der Waals surface area contributed by atoms with Crippen molar-refractivity contribution < 1.29 is 0 Å². The van der Waals surface area contributed by atoms with E-state index in [0.717, 1.165) is 11.7 Å². The van der Waals surface area contributed by atoms with E-state index in [1.807, 2.05) is 23.1 Å². The summed E-state index contributed by atoms with van der Waals surface area (Å²) < 4.78 is 0. The summed E-state index contributed by atoms with van der Waals surface area (Å²) in [6.45, 7) is 4.59. The molecule has 1 unspecified atom stereocenters. The number of nitrogens with one attached hydrogen (secondary N) is 1. The lowest BCUT2D eigenvalue weighted by Crippen LogP contribution is -2.22. The third kappa shape index (κ3) is 1.63. The van der Waals surface area contributed by atoms with E-state index >= 15 is 0 Å². The van der Waals surface area contributed by atoms with Gasteiger partial charge in [-0.15, -0.1) is 0 Å². The van der Waals surface area contributed by atoms with Crippen molar-refractivity contribution in [2.24, 2.45) is 0 Å². The Morgan fingerprint density at radius 3 is 2.71 bits per heavy atom. The van der Waals surface area contributed by atoms with Crippen LogP contribution in [0, 0.1) is 0 Å². The van der Waals surface area contributed by atoms with Crippen molar-refractivity contribution in [1.29, 1.82) is 0 Å². The number of rotatable bonds is 2. The van der Waals surface area contributed by atoms with Crippen molar-refractivity contribution in [2.75, 3.05) is 6.54 Å². The van der Waals surface area contributed by atoms with Gasteiger partial charge in [-0.05, 0) is 24.0 Å². The lowest BCUT2D eigenvalue weighted by atomic mass is 10.1. The summed E-state index contributed by atoms with van der Waals surface area (Å²) in [7, 11) is 0. The van der Waals surface area contributed by atoms with Crippen molar-refractivity contribution in [2.45, 2.75) is 6.04 Å². The quantitative estimate of drug-likeness (QED) is 0.742. The summed E-state index contributed by atoms with van der Waals surface area (Å²) in [5, 5.41) is 4.02. The highest BCUT2D eigenvalue weighted by Crippen LogP contribution is 2.19. The topological polar surface area (TPSA) is 15.3 Å². The van der Waals surface area contributed by atoms with Crippen LogP contribution in [-0.2, 0) is 0 Å². The Kier molecular flexibility index (Phi) is 2.50. The predicted molar refractivity (Wildman–Crippen MR) is 61.8 cm³/mol. The molecule has 3 heteroatoms. The molecule has 0 bridgehead atoms. The normalized spacial score (nSPS) is 20.7. The van der Waals surface area contributed by atoms with E-state index in [0.29, 0.717) is 6.04 Å². The Morgan fingerprint density at radius 2 is 2.14 bits per heavy atom. The Morgan fingerprint density at radius 1 is 1.43 bits per heavy atom. The maximum absolute atomic E-state index is 5.16. The molecule has 1 N–H and O–H groups in total. The molecule has 1 saturated heterocycles. The van der Waals surface area contributed by atoms with Crippen LogP contribution in [-0.4, -0.2) is 16.6 Å². The molecule has 14 heavy (non-hydrogen) atoms. The van der Waals surface area contributed by atoms with Crippen LogP contribution in [0.15, 0.2) is 43.1 Å². The number of benzene rings is 1. The van der Waals surface area contributed by atoms with Crippen LogP contribution in [0.1, 0.15) is 11.6 Å². The summed E-state index contributed by atoms with van der Waals surface area (Å²) in [6, 6.07) is 10.6. The lowest BCUT2D eigenvalue weighted by molar-refractivity contribution is 0.561. The zero-order valence-corrected chi connectivity index (χ0v) is 8.63. The van der Waals surface area contributed by atoms with E-state index in [4.69, 9.17) is 12.2 Å². The summed E-state index contributed by atoms with van der Waals surface area (Å²) >= 11 is 5.16. The molecular formula is C11H12N2S. The monoisotopic (exact) mass is 204 g/mol. The van der Waals surface area contributed by atoms with Crippen LogP contribution in [0.2, 0.25) is 0 Å². The minimum absolute atomic E-state index is 0.293. The molecule has 0 spiro atoms. The van der Waals surface area contributed by atoms with Crippen LogP contribution in [0.5, 0.6) is 0 Å². The molecule has 1 aromatic carbocycles. The smallest absolute Gasteiger partial charge is 0.173 e. The molecule has 2 nitrogen and oxygen atoms in total. The van der Waals surface area contributed by atoms with Gasteiger partial charge < -0.3 is 10.2 Å². The molecule has 72 valence electrons. The molecule has 1 aliphatic rings. The van der Waals surface area contributed by atoms with Crippen molar-refractivity contribution in [3.05, 3.63) is 48.7 Å². The van der Waals surface area contributed by atoms with Gasteiger partial charge in [-0.25, -0.2) is 0 Å². The molecule has 1 aliphatic heterocycles. The van der Waals surface area contributed by atoms with E-state index in [1.54, 1.807) is 6.20 Å². The molecule has 0 aliphatic carbocycles. The molecule has 1 heterocycles. The summed E-state index contributed by atoms with van der Waals surface area (Å²) in [6.07, 6.45) is 1.76. The average molecular weight is 204 g/mol. The number of hydrogen-bond acceptors (Lipinski definition) is 1. The second kappa shape index (κ2) is 3.80. The van der Waals surface area contributed by atoms with Crippen LogP contribution in [0.25, 0.3) is 0 Å². The first kappa shape index (κ1) is 9.21. The largest absolute Gasteiger partial charge is 0.354 e. The maximum Gasteiger partial charge on any atom is 0.173 e. The Labute approximate surface area is 89.2 Å². The van der Waals surface area contributed by atoms with Gasteiger partial charge in [-0.3, -0.25) is 0 Å². The molecule has 0 amide bonds. The predicted octanol–water partition coefficient (Wildman–Crippen LogP) is 2.06. The van der Waals surface area contributed by atoms with E-state index in [-0.39, 0.29) is 0 Å². The fourth-order valence-corrected chi connectivity index (χ4v) is 1.88. The number of nitrogens with zero attached hydrogens (tertiary/aromatic N) is 1. The fourth-order valence-electron chi connectivity index (χ4n) is 1.59. The van der Waals surface area contributed by atoms with Gasteiger partial charge in [0.05, 0.1) is 6.04 Å². The van der Waals surface area contributed by atoms with E-state index in [2.05, 4.69) is 24.0 Å². The third-order valence-corrected chi connectivity index (χ3v) is 2.71. The van der Waals surface area contributed by atoms with E-state index in [9.17, 15) is 0 Å². The Balaban J connectivity index is 2.16. The summed E-state index contributed by atoms with van der Waals surface area (Å²) in [4.78, 5) is 1.95. The van der Waals surface area contributed by atoms with Gasteiger partial charge in [0.1, 0.15) is 0 Å². The van der Waals surface area contributed by atoms with Crippen molar-refractivity contribution in [1.82, 2.24) is 10.2 Å². The fraction of sp³-hybridized carbons (Fsp3) is 0.182. The second-order valence-corrected chi connectivity index (χ2v) is 3.63. The standard InChI is InChI=1S/C11H12N2S/c1-2-13-8-10(12-11(13)14)9-6-4-3-5-7-9/h2-7,10H,1,8H2,(H,12,14). The molecule has 1 aromatic rings. The van der Waals surface area contributed by atoms with E-state index in [1.165, 1.54) is 5.56 Å². The minimum Gasteiger partial charge on any atom is -0.354 e. The van der Waals surface area contributed by atoms with Crippen LogP contribution < -0.4 is 5.32 Å². The van der Waals surface area contributed by atoms with Gasteiger partial charge >= 0.3 is 0 Å². The zero-order valence-electron chi connectivity index (χ0n) is 7.81. The maximum atomic E-state index is 5.16. The summed E-state index contributed by atoms with van der Waals surface area (Å²) in [5.41, 5.74) is 1.26. The molecule has 0 saturated carbocycles. The number of thiocarbonyl (C=S) groups is 1. The highest BCUT2D eigenvalue weighted by atomic mass is 32.1. The first-order chi connectivity index (χ1) is 6.81. The first-order valence-corrected chi connectivity index (χ1v) is 4.96. The van der Waals surface area contributed by atoms with Gasteiger partial charge in [0.2, 0.25) is 0 Å². The van der Waals surface area contributed by atoms with Crippen LogP contribution in [0.3, 0.4) is 0 Å². The molecule has 1 fully saturated rings. The SMILES string of the molecule is C=CN1CC(c2ccccc2)NC1=S. The minimum atomic E-state index is 0.293. The van der Waals surface area contributed by atoms with Crippen LogP contribution in [0.4, 0.5) is 0 Å². The molecule has 0 radical (unpaired) electrons. The zero-order chi connectivity index (χ0) is 9.97. The van der Waals surface area contributed by atoms with Crippen molar-refractivity contribution in [3.63, 3.8) is 0 Å². The molecule has 1 atom stereocenters. The van der Waals surface area contributed by atoms with Gasteiger partial charge in [-0.1, -0.05) is 36.9 Å². The average Bonchev–Trinajstić information content (AvgIpc) is 2.61. The Bertz CT molecular complexity index is 348. The van der Waals surface area contributed by atoms with E-state index < -0.39 is 0 Å². The van der Waals surface area contributed by atoms with Crippen molar-refractivity contribution in [3.8, 4) is 0 Å². The molecule has 0 aromatic heterocycles. The summed E-state index contributed by atoms with van der Waals surface area (Å²) in [5.74, 6) is 0. The number of hydrogen-bond donors (Lipinski definition) is 1. The van der Waals surface area contributed by atoms with Gasteiger partial charge in [0, 0.05) is 6.54 Å². The van der Waals surface area contributed by atoms with Crippen LogP contribution >= 0.6 is 12.2 Å².